The summed E-state index contributed by atoms with van der Waals surface area (Å²) in [6.45, 7) is 2.75. The molecule has 1 aromatic heterocycles. The Morgan fingerprint density at radius 3 is 2.71 bits per heavy atom. The lowest BCUT2D eigenvalue weighted by atomic mass is 10.3. The molecule has 0 aromatic carbocycles. The van der Waals surface area contributed by atoms with Crippen LogP contribution in [0.4, 0.5) is 14.6 Å². The van der Waals surface area contributed by atoms with Crippen molar-refractivity contribution < 1.29 is 8.78 Å². The van der Waals surface area contributed by atoms with Crippen molar-refractivity contribution in [2.75, 3.05) is 4.90 Å². The maximum atomic E-state index is 13.6. The number of amidine groups is 1. The zero-order chi connectivity index (χ0) is 12.6. The van der Waals surface area contributed by atoms with Crippen molar-refractivity contribution >= 4 is 35.1 Å². The second-order valence-corrected chi connectivity index (χ2v) is 3.94. The Morgan fingerprint density at radius 2 is 2.00 bits per heavy atom. The number of hydrogen-bond donors (Lipinski definition) is 0. The van der Waals surface area contributed by atoms with Gasteiger partial charge in [0.15, 0.2) is 5.82 Å². The van der Waals surface area contributed by atoms with Crippen molar-refractivity contribution in [1.29, 1.82) is 0 Å². The molecule has 17 heavy (non-hydrogen) atoms. The molecule has 0 amide bonds. The summed E-state index contributed by atoms with van der Waals surface area (Å²) in [5.41, 5.74) is 0.311. The van der Waals surface area contributed by atoms with Crippen LogP contribution in [0.2, 0.25) is 5.02 Å². The van der Waals surface area contributed by atoms with Crippen molar-refractivity contribution in [1.82, 2.24) is 9.97 Å². The van der Waals surface area contributed by atoms with E-state index in [2.05, 4.69) is 15.0 Å². The molecule has 0 aliphatic carbocycles. The van der Waals surface area contributed by atoms with Gasteiger partial charge in [-0.25, -0.2) is 9.98 Å². The quantitative estimate of drug-likeness (QED) is 0.585. The van der Waals surface area contributed by atoms with Gasteiger partial charge >= 0.3 is 6.08 Å². The lowest BCUT2D eigenvalue weighted by Crippen LogP contribution is -2.29. The number of aromatic nitrogens is 2. The average Bonchev–Trinajstić information content (AvgIpc) is 2.27. The van der Waals surface area contributed by atoms with Crippen LogP contribution in [-0.4, -0.2) is 16.1 Å². The Kier molecular flexibility index (Phi) is 3.26. The normalized spacial score (nSPS) is 16.3. The van der Waals surface area contributed by atoms with Crippen LogP contribution in [0.5, 0.6) is 0 Å². The van der Waals surface area contributed by atoms with Crippen molar-refractivity contribution in [3.05, 3.63) is 34.6 Å². The van der Waals surface area contributed by atoms with Gasteiger partial charge in [-0.15, -0.1) is 0 Å². The van der Waals surface area contributed by atoms with E-state index in [9.17, 15) is 8.78 Å². The minimum Gasteiger partial charge on any atom is -0.274 e. The van der Waals surface area contributed by atoms with Crippen LogP contribution in [0.1, 0.15) is 6.92 Å². The molecule has 0 spiro atoms. The van der Waals surface area contributed by atoms with E-state index < -0.39 is 12.2 Å². The fourth-order valence-corrected chi connectivity index (χ4v) is 1.48. The summed E-state index contributed by atoms with van der Waals surface area (Å²) >= 11 is 11.5. The van der Waals surface area contributed by atoms with Crippen LogP contribution in [-0.2, 0) is 0 Å². The first kappa shape index (κ1) is 12.2. The molecule has 2 rings (SSSR count). The number of aliphatic imine (C=N–C) groups is 1. The van der Waals surface area contributed by atoms with Crippen LogP contribution in [0.25, 0.3) is 0 Å². The number of halogens is 4. The van der Waals surface area contributed by atoms with Gasteiger partial charge in [0, 0.05) is 0 Å². The Labute approximate surface area is 106 Å². The lowest BCUT2D eigenvalue weighted by Gasteiger charge is -2.23. The Hall–Kier alpha value is -1.27. The predicted octanol–water partition coefficient (Wildman–Crippen LogP) is 3.05. The average molecular weight is 278 g/mol. The Morgan fingerprint density at radius 1 is 1.29 bits per heavy atom. The van der Waals surface area contributed by atoms with Crippen LogP contribution < -0.4 is 4.90 Å². The molecular weight excluding hydrogens is 273 g/mol. The second kappa shape index (κ2) is 4.54. The monoisotopic (exact) mass is 277 g/mol. The zero-order valence-electron chi connectivity index (χ0n) is 8.46. The molecule has 1 aliphatic rings. The van der Waals surface area contributed by atoms with Crippen molar-refractivity contribution in [3.8, 4) is 0 Å². The molecule has 0 saturated carbocycles. The zero-order valence-corrected chi connectivity index (χ0v) is 9.97. The van der Waals surface area contributed by atoms with Gasteiger partial charge in [-0.2, -0.15) is 13.8 Å². The number of nitrogens with zero attached hydrogens (tertiary/aromatic N) is 4. The minimum absolute atomic E-state index is 0.0166. The fraction of sp³-hybridized carbons (Fsp3) is 0.111. The third-order valence-corrected chi connectivity index (χ3v) is 2.61. The fourth-order valence-electron chi connectivity index (χ4n) is 1.16. The van der Waals surface area contributed by atoms with Crippen LogP contribution >= 0.6 is 23.2 Å². The van der Waals surface area contributed by atoms with Gasteiger partial charge < -0.3 is 0 Å². The van der Waals surface area contributed by atoms with Crippen molar-refractivity contribution in [2.24, 2.45) is 4.99 Å². The number of hydrogen-bond acceptors (Lipinski definition) is 4. The van der Waals surface area contributed by atoms with E-state index >= 15 is 0 Å². The third-order valence-electron chi connectivity index (χ3n) is 1.97. The van der Waals surface area contributed by atoms with Crippen LogP contribution in [0.15, 0.2) is 21.9 Å². The van der Waals surface area contributed by atoms with E-state index in [1.807, 2.05) is 0 Å². The molecule has 89 valence electrons. The maximum absolute atomic E-state index is 13.6. The molecule has 0 unspecified atom stereocenters. The van der Waals surface area contributed by atoms with Gasteiger partial charge in [0.1, 0.15) is 11.6 Å². The standard InChI is InChI=1S/C9H5Cl2F2N4/c1-4-6(11)3-17(9(13)15-4)7-5(10)2-14-8(12)16-7/h2-3H,1H3. The van der Waals surface area contributed by atoms with Gasteiger partial charge in [-0.1, -0.05) is 23.2 Å². The summed E-state index contributed by atoms with van der Waals surface area (Å²) < 4.78 is 26.5. The molecule has 0 N–H and O–H groups in total. The number of allylic oxidation sites excluding steroid dienone is 1. The number of rotatable bonds is 1. The SMILES string of the molecule is CC1=C(Cl)[CH]N(c2nc(F)ncc2Cl)C(F)=N1. The summed E-state index contributed by atoms with van der Waals surface area (Å²) in [5.74, 6) is -0.161. The maximum Gasteiger partial charge on any atom is 0.310 e. The van der Waals surface area contributed by atoms with Gasteiger partial charge in [0.2, 0.25) is 0 Å². The van der Waals surface area contributed by atoms with Gasteiger partial charge in [-0.3, -0.25) is 4.90 Å². The first-order valence-corrected chi connectivity index (χ1v) is 5.17. The summed E-state index contributed by atoms with van der Waals surface area (Å²) in [6, 6.07) is 0. The molecule has 0 saturated heterocycles. The van der Waals surface area contributed by atoms with E-state index in [4.69, 9.17) is 23.2 Å². The van der Waals surface area contributed by atoms with Crippen molar-refractivity contribution in [2.45, 2.75) is 6.92 Å². The molecule has 4 nitrogen and oxygen atoms in total. The molecule has 1 aliphatic heterocycles. The van der Waals surface area contributed by atoms with Crippen LogP contribution in [0, 0.1) is 12.6 Å². The molecule has 0 fully saturated rings. The second-order valence-electron chi connectivity index (χ2n) is 3.12. The summed E-state index contributed by atoms with van der Waals surface area (Å²) in [7, 11) is 0. The van der Waals surface area contributed by atoms with Crippen molar-refractivity contribution in [3.63, 3.8) is 0 Å². The summed E-state index contributed by atoms with van der Waals surface area (Å²) in [6.07, 6.45) is -0.890. The molecule has 2 heterocycles. The highest BCUT2D eigenvalue weighted by Gasteiger charge is 2.25. The first-order valence-electron chi connectivity index (χ1n) is 4.41. The summed E-state index contributed by atoms with van der Waals surface area (Å²) in [5, 5.41) is 0.193. The van der Waals surface area contributed by atoms with E-state index in [1.54, 1.807) is 0 Å². The van der Waals surface area contributed by atoms with E-state index in [-0.39, 0.29) is 15.9 Å². The van der Waals surface area contributed by atoms with E-state index in [0.29, 0.717) is 5.70 Å². The van der Waals surface area contributed by atoms with E-state index in [1.165, 1.54) is 13.5 Å². The smallest absolute Gasteiger partial charge is 0.274 e. The minimum atomic E-state index is -1.02. The highest BCUT2D eigenvalue weighted by Crippen LogP contribution is 2.30. The third kappa shape index (κ3) is 2.37. The molecule has 1 aromatic rings. The predicted molar refractivity (Wildman–Crippen MR) is 60.9 cm³/mol. The van der Waals surface area contributed by atoms with Gasteiger partial charge in [0.05, 0.1) is 16.9 Å². The Balaban J connectivity index is 2.43. The number of anilines is 1. The molecular formula is C9H5Cl2F2N4. The highest BCUT2D eigenvalue weighted by molar-refractivity contribution is 6.34. The topological polar surface area (TPSA) is 41.4 Å². The molecule has 0 bridgehead atoms. The molecule has 1 radical (unpaired) electrons. The first-order chi connectivity index (χ1) is 7.99. The molecule has 8 heteroatoms. The van der Waals surface area contributed by atoms with Gasteiger partial charge in [-0.05, 0) is 6.92 Å². The highest BCUT2D eigenvalue weighted by atomic mass is 35.5. The van der Waals surface area contributed by atoms with Crippen LogP contribution in [0.3, 0.4) is 0 Å². The summed E-state index contributed by atoms with van der Waals surface area (Å²) in [4.78, 5) is 11.0. The largest absolute Gasteiger partial charge is 0.310 e. The van der Waals surface area contributed by atoms with Gasteiger partial charge in [0.25, 0.3) is 6.09 Å². The lowest BCUT2D eigenvalue weighted by molar-refractivity contribution is 0.539. The Bertz CT molecular complexity index is 530. The molecule has 0 atom stereocenters. The van der Waals surface area contributed by atoms with E-state index in [0.717, 1.165) is 11.1 Å².